The molecule has 0 saturated heterocycles. The molecule has 0 atom stereocenters. The van der Waals surface area contributed by atoms with Gasteiger partial charge in [-0.2, -0.15) is 5.10 Å². The molecule has 26 heavy (non-hydrogen) atoms. The predicted molar refractivity (Wildman–Crippen MR) is 110 cm³/mol. The van der Waals surface area contributed by atoms with Gasteiger partial charge in [-0.25, -0.2) is 0 Å². The van der Waals surface area contributed by atoms with Crippen molar-refractivity contribution in [2.45, 2.75) is 13.5 Å². The maximum Gasteiger partial charge on any atom is 0.327 e. The van der Waals surface area contributed by atoms with Crippen molar-refractivity contribution < 1.29 is 9.53 Å². The highest BCUT2D eigenvalue weighted by Crippen LogP contribution is 2.37. The van der Waals surface area contributed by atoms with Gasteiger partial charge >= 0.3 is 5.97 Å². The second kappa shape index (κ2) is 8.37. The Morgan fingerprint density at radius 3 is 2.12 bits per heavy atom. The Morgan fingerprint density at radius 1 is 1.04 bits per heavy atom. The Labute approximate surface area is 173 Å². The standard InChI is InChI=1S/C19H15Br2ClN2O2/c1-2-26-16(25)11-24-19(13-5-9-15(21)10-6-13)17(22)18(23-24)12-3-7-14(20)8-4-12/h3-10H,2,11H2,1H3. The monoisotopic (exact) mass is 496 g/mol. The summed E-state index contributed by atoms with van der Waals surface area (Å²) in [5.74, 6) is -0.354. The number of rotatable bonds is 5. The van der Waals surface area contributed by atoms with Crippen molar-refractivity contribution in [1.29, 1.82) is 0 Å². The lowest BCUT2D eigenvalue weighted by atomic mass is 10.1. The van der Waals surface area contributed by atoms with Gasteiger partial charge in [0.2, 0.25) is 0 Å². The van der Waals surface area contributed by atoms with E-state index in [2.05, 4.69) is 37.0 Å². The molecule has 134 valence electrons. The maximum atomic E-state index is 12.0. The van der Waals surface area contributed by atoms with E-state index in [1.54, 1.807) is 11.6 Å². The lowest BCUT2D eigenvalue weighted by Crippen LogP contribution is -2.15. The molecule has 0 aliphatic heterocycles. The van der Waals surface area contributed by atoms with Crippen LogP contribution in [-0.4, -0.2) is 22.4 Å². The quantitative estimate of drug-likeness (QED) is 0.408. The van der Waals surface area contributed by atoms with Crippen LogP contribution in [0.2, 0.25) is 5.02 Å². The molecule has 0 aliphatic rings. The third-order valence-electron chi connectivity index (χ3n) is 3.71. The number of carbonyl (C=O) groups is 1. The SMILES string of the molecule is CCOC(=O)Cn1nc(-c2ccc(Br)cc2)c(Cl)c1-c1ccc(Br)cc1. The third-order valence-corrected chi connectivity index (χ3v) is 5.13. The zero-order valence-corrected chi connectivity index (χ0v) is 17.8. The minimum atomic E-state index is -0.354. The molecule has 0 spiro atoms. The zero-order chi connectivity index (χ0) is 18.7. The fourth-order valence-electron chi connectivity index (χ4n) is 2.56. The Kier molecular flexibility index (Phi) is 6.16. The van der Waals surface area contributed by atoms with Gasteiger partial charge in [0.1, 0.15) is 12.2 Å². The molecule has 0 aliphatic carbocycles. The fourth-order valence-corrected chi connectivity index (χ4v) is 3.44. The molecule has 0 unspecified atom stereocenters. The summed E-state index contributed by atoms with van der Waals surface area (Å²) in [6.07, 6.45) is 0. The van der Waals surface area contributed by atoms with Gasteiger partial charge in [0.15, 0.2) is 0 Å². The minimum absolute atomic E-state index is 0.00448. The highest BCUT2D eigenvalue weighted by molar-refractivity contribution is 9.10. The lowest BCUT2D eigenvalue weighted by molar-refractivity contribution is -0.144. The molecule has 1 aromatic heterocycles. The van der Waals surface area contributed by atoms with Gasteiger partial charge in [0.25, 0.3) is 0 Å². The fraction of sp³-hybridized carbons (Fsp3) is 0.158. The van der Waals surface area contributed by atoms with Crippen molar-refractivity contribution in [3.63, 3.8) is 0 Å². The van der Waals surface area contributed by atoms with Crippen molar-refractivity contribution in [3.8, 4) is 22.5 Å². The van der Waals surface area contributed by atoms with Crippen molar-refractivity contribution in [2.24, 2.45) is 0 Å². The number of halogens is 3. The van der Waals surface area contributed by atoms with Gasteiger partial charge in [0, 0.05) is 20.1 Å². The Morgan fingerprint density at radius 2 is 1.58 bits per heavy atom. The van der Waals surface area contributed by atoms with Crippen molar-refractivity contribution >= 4 is 49.4 Å². The molecular weight excluding hydrogens is 483 g/mol. The van der Waals surface area contributed by atoms with Crippen LogP contribution in [0.5, 0.6) is 0 Å². The summed E-state index contributed by atoms with van der Waals surface area (Å²) in [7, 11) is 0. The first-order valence-electron chi connectivity index (χ1n) is 7.93. The van der Waals surface area contributed by atoms with E-state index in [0.29, 0.717) is 23.0 Å². The van der Waals surface area contributed by atoms with E-state index in [1.165, 1.54) is 0 Å². The van der Waals surface area contributed by atoms with Crippen molar-refractivity contribution in [2.75, 3.05) is 6.61 Å². The van der Waals surface area contributed by atoms with Gasteiger partial charge in [-0.15, -0.1) is 0 Å². The van der Waals surface area contributed by atoms with E-state index < -0.39 is 0 Å². The first-order valence-corrected chi connectivity index (χ1v) is 9.89. The van der Waals surface area contributed by atoms with E-state index in [0.717, 1.165) is 20.1 Å². The average Bonchev–Trinajstić information content (AvgIpc) is 2.93. The average molecular weight is 499 g/mol. The molecule has 0 N–H and O–H groups in total. The number of esters is 1. The lowest BCUT2D eigenvalue weighted by Gasteiger charge is -2.08. The van der Waals surface area contributed by atoms with Crippen LogP contribution >= 0.6 is 43.5 Å². The summed E-state index contributed by atoms with van der Waals surface area (Å²) in [5, 5.41) is 5.09. The molecule has 0 saturated carbocycles. The summed E-state index contributed by atoms with van der Waals surface area (Å²) in [6, 6.07) is 15.4. The molecular formula is C19H15Br2ClN2O2. The molecule has 1 heterocycles. The normalized spacial score (nSPS) is 10.8. The third kappa shape index (κ3) is 4.19. The number of benzene rings is 2. The molecule has 2 aromatic carbocycles. The van der Waals surface area contributed by atoms with Gasteiger partial charge < -0.3 is 4.74 Å². The number of ether oxygens (including phenoxy) is 1. The smallest absolute Gasteiger partial charge is 0.327 e. The molecule has 0 radical (unpaired) electrons. The van der Waals surface area contributed by atoms with Crippen LogP contribution < -0.4 is 0 Å². The topological polar surface area (TPSA) is 44.1 Å². The Hall–Kier alpha value is -1.63. The molecule has 4 nitrogen and oxygen atoms in total. The molecule has 0 amide bonds. The first kappa shape index (κ1) is 19.1. The number of nitrogens with zero attached hydrogens (tertiary/aromatic N) is 2. The van der Waals surface area contributed by atoms with E-state index in [4.69, 9.17) is 16.3 Å². The Balaban J connectivity index is 2.11. The van der Waals surface area contributed by atoms with Crippen molar-refractivity contribution in [3.05, 3.63) is 62.5 Å². The van der Waals surface area contributed by atoms with Crippen LogP contribution in [-0.2, 0) is 16.1 Å². The zero-order valence-electron chi connectivity index (χ0n) is 13.9. The van der Waals surface area contributed by atoms with Crippen LogP contribution in [0.1, 0.15) is 6.92 Å². The van der Waals surface area contributed by atoms with Crippen LogP contribution in [0, 0.1) is 0 Å². The maximum absolute atomic E-state index is 12.0. The molecule has 0 fully saturated rings. The van der Waals surface area contributed by atoms with E-state index >= 15 is 0 Å². The highest BCUT2D eigenvalue weighted by Gasteiger charge is 2.21. The summed E-state index contributed by atoms with van der Waals surface area (Å²) in [6.45, 7) is 2.09. The van der Waals surface area contributed by atoms with Gasteiger partial charge in [0.05, 0.1) is 17.3 Å². The van der Waals surface area contributed by atoms with Crippen LogP contribution in [0.4, 0.5) is 0 Å². The summed E-state index contributed by atoms with van der Waals surface area (Å²) in [5.41, 5.74) is 3.06. The van der Waals surface area contributed by atoms with Gasteiger partial charge in [-0.05, 0) is 31.2 Å². The minimum Gasteiger partial charge on any atom is -0.465 e. The number of hydrogen-bond donors (Lipinski definition) is 0. The van der Waals surface area contributed by atoms with E-state index in [9.17, 15) is 4.79 Å². The van der Waals surface area contributed by atoms with Crippen molar-refractivity contribution in [1.82, 2.24) is 9.78 Å². The number of aromatic nitrogens is 2. The van der Waals surface area contributed by atoms with Crippen LogP contribution in [0.3, 0.4) is 0 Å². The molecule has 7 heteroatoms. The molecule has 0 bridgehead atoms. The van der Waals surface area contributed by atoms with Crippen LogP contribution in [0.25, 0.3) is 22.5 Å². The largest absolute Gasteiger partial charge is 0.465 e. The first-order chi connectivity index (χ1) is 12.5. The number of hydrogen-bond acceptors (Lipinski definition) is 3. The summed E-state index contributed by atoms with van der Waals surface area (Å²) >= 11 is 13.5. The van der Waals surface area contributed by atoms with Crippen LogP contribution in [0.15, 0.2) is 57.5 Å². The Bertz CT molecular complexity index is 922. The second-order valence-corrected chi connectivity index (χ2v) is 7.70. The van der Waals surface area contributed by atoms with E-state index in [1.807, 2.05) is 48.5 Å². The number of carbonyl (C=O) groups excluding carboxylic acids is 1. The second-order valence-electron chi connectivity index (χ2n) is 5.49. The molecule has 3 rings (SSSR count). The van der Waals surface area contributed by atoms with Gasteiger partial charge in [-0.3, -0.25) is 9.48 Å². The van der Waals surface area contributed by atoms with Gasteiger partial charge in [-0.1, -0.05) is 67.7 Å². The van der Waals surface area contributed by atoms with E-state index in [-0.39, 0.29) is 12.5 Å². The molecule has 3 aromatic rings. The summed E-state index contributed by atoms with van der Waals surface area (Å²) in [4.78, 5) is 12.0. The predicted octanol–water partition coefficient (Wildman–Crippen LogP) is 5.96. The summed E-state index contributed by atoms with van der Waals surface area (Å²) < 4.78 is 8.60. The highest BCUT2D eigenvalue weighted by atomic mass is 79.9.